The van der Waals surface area contributed by atoms with Gasteiger partial charge in [-0.1, -0.05) is 12.8 Å². The molecule has 0 aromatic heterocycles. The normalized spacial score (nSPS) is 23.7. The lowest BCUT2D eigenvalue weighted by atomic mass is 9.84. The molecule has 1 atom stereocenters. The van der Waals surface area contributed by atoms with Crippen molar-refractivity contribution in [2.24, 2.45) is 16.3 Å². The van der Waals surface area contributed by atoms with Crippen LogP contribution in [0.5, 0.6) is 0 Å². The average molecular weight is 451 g/mol. The molecular formula is C17H34IN5O. The second kappa shape index (κ2) is 9.79. The first-order valence-corrected chi connectivity index (χ1v) is 8.82. The molecule has 2 N–H and O–H groups in total. The Morgan fingerprint density at radius 1 is 1.29 bits per heavy atom. The van der Waals surface area contributed by atoms with Crippen molar-refractivity contribution in [1.82, 2.24) is 20.4 Å². The Bertz CT molecular complexity index is 435. The van der Waals surface area contributed by atoms with Crippen LogP contribution in [0.15, 0.2) is 4.99 Å². The van der Waals surface area contributed by atoms with Gasteiger partial charge in [0.2, 0.25) is 5.91 Å². The molecule has 0 bridgehead atoms. The van der Waals surface area contributed by atoms with Gasteiger partial charge in [-0.3, -0.25) is 9.79 Å². The molecule has 0 aromatic rings. The van der Waals surface area contributed by atoms with Crippen LogP contribution in [-0.4, -0.2) is 76.0 Å². The Morgan fingerprint density at radius 2 is 1.96 bits per heavy atom. The Balaban J connectivity index is 0.00000288. The lowest BCUT2D eigenvalue weighted by molar-refractivity contribution is -0.138. The molecule has 1 saturated carbocycles. The number of guanidine groups is 1. The molecule has 1 unspecified atom stereocenters. The predicted octanol–water partition coefficient (Wildman–Crippen LogP) is 1.37. The van der Waals surface area contributed by atoms with Crippen LogP contribution in [-0.2, 0) is 4.79 Å². The van der Waals surface area contributed by atoms with E-state index in [1.165, 1.54) is 13.0 Å². The molecule has 7 heteroatoms. The van der Waals surface area contributed by atoms with E-state index in [2.05, 4.69) is 27.6 Å². The highest BCUT2D eigenvalue weighted by atomic mass is 127. The first-order chi connectivity index (χ1) is 11.0. The average Bonchev–Trinajstić information content (AvgIpc) is 3.16. The summed E-state index contributed by atoms with van der Waals surface area (Å²) in [7, 11) is 7.67. The zero-order valence-corrected chi connectivity index (χ0v) is 17.9. The van der Waals surface area contributed by atoms with Gasteiger partial charge in [0.15, 0.2) is 5.96 Å². The molecule has 1 saturated heterocycles. The van der Waals surface area contributed by atoms with Gasteiger partial charge in [-0.2, -0.15) is 0 Å². The highest BCUT2D eigenvalue weighted by molar-refractivity contribution is 14.0. The molecule has 1 aliphatic carbocycles. The van der Waals surface area contributed by atoms with E-state index in [0.717, 1.165) is 44.7 Å². The molecule has 1 heterocycles. The molecule has 0 radical (unpaired) electrons. The first kappa shape index (κ1) is 21.5. The molecule has 2 aliphatic rings. The number of likely N-dealkylation sites (tertiary alicyclic amines) is 1. The second-order valence-electron chi connectivity index (χ2n) is 7.41. The SMILES string of the molecule is CN=C(NCC1CCN(C)C1)NCC1(C(=O)N(C)C)CCCC1.I. The Hall–Kier alpha value is -0.570. The number of carbonyl (C=O) groups is 1. The van der Waals surface area contributed by atoms with E-state index in [1.807, 2.05) is 14.1 Å². The molecule has 140 valence electrons. The van der Waals surface area contributed by atoms with Crippen LogP contribution in [0.25, 0.3) is 0 Å². The third-order valence-corrected chi connectivity index (χ3v) is 5.29. The van der Waals surface area contributed by atoms with Crippen molar-refractivity contribution in [3.05, 3.63) is 0 Å². The summed E-state index contributed by atoms with van der Waals surface area (Å²) in [5.41, 5.74) is -0.255. The monoisotopic (exact) mass is 451 g/mol. The van der Waals surface area contributed by atoms with Crippen LogP contribution in [0.2, 0.25) is 0 Å². The first-order valence-electron chi connectivity index (χ1n) is 8.82. The van der Waals surface area contributed by atoms with Crippen LogP contribution in [0, 0.1) is 11.3 Å². The summed E-state index contributed by atoms with van der Waals surface area (Å²) in [6, 6.07) is 0. The smallest absolute Gasteiger partial charge is 0.230 e. The minimum absolute atomic E-state index is 0. The third-order valence-electron chi connectivity index (χ3n) is 5.29. The van der Waals surface area contributed by atoms with Crippen LogP contribution in [0.1, 0.15) is 32.1 Å². The maximum atomic E-state index is 12.6. The fourth-order valence-corrected chi connectivity index (χ4v) is 3.90. The van der Waals surface area contributed by atoms with Crippen molar-refractivity contribution >= 4 is 35.8 Å². The summed E-state index contributed by atoms with van der Waals surface area (Å²) >= 11 is 0. The fraction of sp³-hybridized carbons (Fsp3) is 0.882. The number of hydrogen-bond donors (Lipinski definition) is 2. The molecule has 1 amide bonds. The molecule has 2 rings (SSSR count). The number of amides is 1. The Kier molecular flexibility index (Phi) is 8.76. The van der Waals surface area contributed by atoms with Crippen molar-refractivity contribution in [2.75, 3.05) is 54.4 Å². The summed E-state index contributed by atoms with van der Waals surface area (Å²) < 4.78 is 0. The minimum Gasteiger partial charge on any atom is -0.356 e. The number of nitrogens with zero attached hydrogens (tertiary/aromatic N) is 3. The van der Waals surface area contributed by atoms with Gasteiger partial charge in [0.05, 0.1) is 5.41 Å². The fourth-order valence-electron chi connectivity index (χ4n) is 3.90. The Morgan fingerprint density at radius 3 is 2.46 bits per heavy atom. The molecular weight excluding hydrogens is 417 g/mol. The van der Waals surface area contributed by atoms with Gasteiger partial charge < -0.3 is 20.4 Å². The van der Waals surface area contributed by atoms with Crippen LogP contribution >= 0.6 is 24.0 Å². The zero-order chi connectivity index (χ0) is 16.9. The number of carbonyl (C=O) groups excluding carboxylic acids is 1. The molecule has 24 heavy (non-hydrogen) atoms. The second-order valence-corrected chi connectivity index (χ2v) is 7.41. The van der Waals surface area contributed by atoms with E-state index in [1.54, 1.807) is 11.9 Å². The highest BCUT2D eigenvalue weighted by Gasteiger charge is 2.42. The maximum Gasteiger partial charge on any atom is 0.230 e. The standard InChI is InChI=1S/C17H33N5O.HI/c1-18-16(19-11-14-7-10-22(4)12-14)20-13-17(8-5-6-9-17)15(23)21(2)3;/h14H,5-13H2,1-4H3,(H2,18,19,20);1H. The van der Waals surface area contributed by atoms with E-state index >= 15 is 0 Å². The molecule has 2 fully saturated rings. The van der Waals surface area contributed by atoms with Gasteiger partial charge in [-0.25, -0.2) is 0 Å². The third kappa shape index (κ3) is 5.47. The molecule has 0 aromatic carbocycles. The van der Waals surface area contributed by atoms with Crippen LogP contribution in [0.4, 0.5) is 0 Å². The van der Waals surface area contributed by atoms with Crippen LogP contribution in [0.3, 0.4) is 0 Å². The lowest BCUT2D eigenvalue weighted by Crippen LogP contribution is -2.49. The molecule has 6 nitrogen and oxygen atoms in total. The van der Waals surface area contributed by atoms with Crippen molar-refractivity contribution in [1.29, 1.82) is 0 Å². The zero-order valence-electron chi connectivity index (χ0n) is 15.6. The van der Waals surface area contributed by atoms with Crippen LogP contribution < -0.4 is 10.6 Å². The van der Waals surface area contributed by atoms with Gasteiger partial charge in [0, 0.05) is 40.8 Å². The highest BCUT2D eigenvalue weighted by Crippen LogP contribution is 2.38. The number of hydrogen-bond acceptors (Lipinski definition) is 3. The number of rotatable bonds is 5. The van der Waals surface area contributed by atoms with Gasteiger partial charge in [-0.05, 0) is 38.8 Å². The van der Waals surface area contributed by atoms with Gasteiger partial charge in [0.1, 0.15) is 0 Å². The van der Waals surface area contributed by atoms with Crippen molar-refractivity contribution < 1.29 is 4.79 Å². The Labute approximate surface area is 163 Å². The van der Waals surface area contributed by atoms with Crippen molar-refractivity contribution in [3.8, 4) is 0 Å². The van der Waals surface area contributed by atoms with Gasteiger partial charge >= 0.3 is 0 Å². The quantitative estimate of drug-likeness (QED) is 0.377. The van der Waals surface area contributed by atoms with E-state index in [9.17, 15) is 4.79 Å². The van der Waals surface area contributed by atoms with E-state index in [0.29, 0.717) is 12.5 Å². The van der Waals surface area contributed by atoms with E-state index in [4.69, 9.17) is 0 Å². The number of halogens is 1. The topological polar surface area (TPSA) is 60.0 Å². The molecule has 1 aliphatic heterocycles. The van der Waals surface area contributed by atoms with Gasteiger partial charge in [0.25, 0.3) is 0 Å². The van der Waals surface area contributed by atoms with Gasteiger partial charge in [-0.15, -0.1) is 24.0 Å². The summed E-state index contributed by atoms with van der Waals surface area (Å²) in [5, 5.41) is 6.83. The predicted molar refractivity (Wildman–Crippen MR) is 110 cm³/mol. The van der Waals surface area contributed by atoms with Crippen molar-refractivity contribution in [2.45, 2.75) is 32.1 Å². The minimum atomic E-state index is -0.255. The van der Waals surface area contributed by atoms with E-state index in [-0.39, 0.29) is 35.3 Å². The summed E-state index contributed by atoms with van der Waals surface area (Å²) in [6.07, 6.45) is 5.47. The van der Waals surface area contributed by atoms with Crippen molar-refractivity contribution in [3.63, 3.8) is 0 Å². The largest absolute Gasteiger partial charge is 0.356 e. The number of aliphatic imine (C=N–C) groups is 1. The lowest BCUT2D eigenvalue weighted by Gasteiger charge is -2.31. The summed E-state index contributed by atoms with van der Waals surface area (Å²) in [4.78, 5) is 21.0. The number of nitrogens with one attached hydrogen (secondary N) is 2. The summed E-state index contributed by atoms with van der Waals surface area (Å²) in [6.45, 7) is 3.94. The van der Waals surface area contributed by atoms with E-state index < -0.39 is 0 Å². The molecule has 0 spiro atoms. The summed E-state index contributed by atoms with van der Waals surface area (Å²) in [5.74, 6) is 1.75. The maximum absolute atomic E-state index is 12.6.